The third-order valence-corrected chi connectivity index (χ3v) is 10.2. The molecule has 146 valence electrons. The minimum Gasteiger partial charge on any atom is -0.251 e. The van der Waals surface area contributed by atoms with E-state index in [0.717, 1.165) is 38.5 Å². The van der Waals surface area contributed by atoms with Gasteiger partial charge in [-0.05, 0) is 66.7 Å². The molecule has 0 amide bonds. The van der Waals surface area contributed by atoms with E-state index in [-0.39, 0.29) is 11.1 Å². The van der Waals surface area contributed by atoms with Crippen LogP contribution in [0.25, 0.3) is 0 Å². The Morgan fingerprint density at radius 3 is 1.04 bits per heavy atom. The van der Waals surface area contributed by atoms with Crippen LogP contribution in [0.3, 0.4) is 0 Å². The van der Waals surface area contributed by atoms with E-state index in [1.807, 2.05) is 0 Å². The van der Waals surface area contributed by atoms with Gasteiger partial charge in [0.25, 0.3) is 0 Å². The van der Waals surface area contributed by atoms with Gasteiger partial charge in [-0.3, -0.25) is 9.34 Å². The molecule has 0 aromatic carbocycles. The second-order valence-electron chi connectivity index (χ2n) is 7.23. The van der Waals surface area contributed by atoms with Gasteiger partial charge in [0, 0.05) is 11.1 Å². The van der Waals surface area contributed by atoms with Crippen molar-refractivity contribution in [3.8, 4) is 0 Å². The fourth-order valence-electron chi connectivity index (χ4n) is 4.44. The van der Waals surface area contributed by atoms with Crippen molar-refractivity contribution in [2.24, 2.45) is 10.7 Å². The zero-order valence-electron chi connectivity index (χ0n) is 18.1. The minimum atomic E-state index is -2.17. The van der Waals surface area contributed by atoms with Crippen LogP contribution in [0.1, 0.15) is 80.1 Å². The highest BCUT2D eigenvalue weighted by Gasteiger charge is 2.52. The largest absolute Gasteiger partial charge is 0.251 e. The molecule has 5 nitrogen and oxygen atoms in total. The molecule has 0 aliphatic rings. The van der Waals surface area contributed by atoms with Crippen molar-refractivity contribution in [3.63, 3.8) is 0 Å². The summed E-state index contributed by atoms with van der Waals surface area (Å²) in [6, 6.07) is 0. The van der Waals surface area contributed by atoms with Crippen LogP contribution in [-0.4, -0.2) is 53.3 Å². The Balaban J connectivity index is 6.98. The maximum atomic E-state index is 6.18. The Labute approximate surface area is 152 Å². The molecule has 24 heavy (non-hydrogen) atoms. The van der Waals surface area contributed by atoms with Crippen LogP contribution in [0.2, 0.25) is 0 Å². The van der Waals surface area contributed by atoms with E-state index in [2.05, 4.69) is 88.6 Å². The average molecular weight is 362 g/mol. The molecule has 2 N–H and O–H groups in total. The van der Waals surface area contributed by atoms with Crippen molar-refractivity contribution in [3.05, 3.63) is 0 Å². The van der Waals surface area contributed by atoms with Crippen molar-refractivity contribution in [1.29, 1.82) is 0 Å². The Morgan fingerprint density at radius 2 is 0.917 bits per heavy atom. The summed E-state index contributed by atoms with van der Waals surface area (Å²) in [5.41, 5.74) is 0.209. The van der Waals surface area contributed by atoms with Gasteiger partial charge in [-0.15, -0.1) is 0 Å². The predicted octanol–water partition coefficient (Wildman–Crippen LogP) is 5.17. The highest BCUT2D eigenvalue weighted by molar-refractivity contribution is 7.59. The van der Waals surface area contributed by atoms with Gasteiger partial charge < -0.3 is 0 Å². The lowest BCUT2D eigenvalue weighted by atomic mass is 9.81. The number of hydrogen-bond donors (Lipinski definition) is 1. The maximum absolute atomic E-state index is 6.18. The van der Waals surface area contributed by atoms with Gasteiger partial charge in [-0.25, -0.2) is 10.5 Å². The first-order valence-corrected chi connectivity index (χ1v) is 11.3. The molecule has 0 aromatic rings. The van der Waals surface area contributed by atoms with Crippen molar-refractivity contribution >= 4 is 7.51 Å². The van der Waals surface area contributed by atoms with Gasteiger partial charge in [0.2, 0.25) is 0 Å². The van der Waals surface area contributed by atoms with Crippen LogP contribution in [0, 0.1) is 0 Å². The molecule has 0 saturated carbocycles. The molecule has 0 aromatic heterocycles. The first-order valence-electron chi connectivity index (χ1n) is 9.66. The quantitative estimate of drug-likeness (QED) is 0.313. The zero-order chi connectivity index (χ0) is 19.2. The van der Waals surface area contributed by atoms with Crippen LogP contribution in [0.15, 0.2) is 4.85 Å². The molecule has 0 fully saturated rings. The normalized spacial score (nSPS) is 14.1. The van der Waals surface area contributed by atoms with Gasteiger partial charge in [-0.2, -0.15) is 4.85 Å². The third kappa shape index (κ3) is 3.76. The first-order chi connectivity index (χ1) is 11.2. The molecular formula is C18H44N5P. The van der Waals surface area contributed by atoms with Crippen LogP contribution in [0.4, 0.5) is 0 Å². The van der Waals surface area contributed by atoms with Crippen LogP contribution < -0.4 is 5.84 Å². The summed E-state index contributed by atoms with van der Waals surface area (Å²) in [6.07, 6.45) is 6.67. The zero-order valence-corrected chi connectivity index (χ0v) is 19.0. The van der Waals surface area contributed by atoms with Crippen molar-refractivity contribution in [2.75, 3.05) is 28.2 Å². The summed E-state index contributed by atoms with van der Waals surface area (Å²) in [7, 11) is 6.36. The van der Waals surface area contributed by atoms with Gasteiger partial charge in [0.15, 0.2) is 7.51 Å². The van der Waals surface area contributed by atoms with Crippen molar-refractivity contribution < 1.29 is 0 Å². The van der Waals surface area contributed by atoms with E-state index in [9.17, 15) is 0 Å². The Hall–Kier alpha value is 0.0700. The van der Waals surface area contributed by atoms with Gasteiger partial charge >= 0.3 is 0 Å². The number of hydrogen-bond acceptors (Lipinski definition) is 1. The lowest BCUT2D eigenvalue weighted by molar-refractivity contribution is 0.0317. The van der Waals surface area contributed by atoms with Crippen LogP contribution in [-0.2, 0) is 0 Å². The van der Waals surface area contributed by atoms with E-state index >= 15 is 0 Å². The standard InChI is InChI=1S/C18H44N5P/c1-11-17(12-2,13-3)23(18(14-4,15-5)16-6)24(20-19,21(7)8)22(9)10/h11-16,19H2,1-10H3. The highest BCUT2D eigenvalue weighted by Crippen LogP contribution is 2.65. The topological polar surface area (TPSA) is 48.1 Å². The van der Waals surface area contributed by atoms with E-state index in [4.69, 9.17) is 5.84 Å². The fourth-order valence-corrected chi connectivity index (χ4v) is 8.38. The monoisotopic (exact) mass is 361 g/mol. The maximum Gasteiger partial charge on any atom is 0.185 e. The highest BCUT2D eigenvalue weighted by atomic mass is 31.2. The summed E-state index contributed by atoms with van der Waals surface area (Å²) in [4.78, 5) is 4.63. The first kappa shape index (κ1) is 24.1. The van der Waals surface area contributed by atoms with Crippen molar-refractivity contribution in [1.82, 2.24) is 14.0 Å². The Kier molecular flexibility index (Phi) is 9.71. The van der Waals surface area contributed by atoms with Crippen LogP contribution in [0.5, 0.6) is 0 Å². The molecule has 0 radical (unpaired) electrons. The summed E-state index contributed by atoms with van der Waals surface area (Å²) in [6.45, 7) is 13.9. The predicted molar refractivity (Wildman–Crippen MR) is 110 cm³/mol. The lowest BCUT2D eigenvalue weighted by Crippen LogP contribution is -2.60. The smallest absolute Gasteiger partial charge is 0.185 e. The number of nitrogens with zero attached hydrogens (tertiary/aromatic N) is 4. The molecule has 6 heteroatoms. The molecular weight excluding hydrogens is 317 g/mol. The molecule has 0 aliphatic carbocycles. The molecule has 0 bridgehead atoms. The summed E-state index contributed by atoms with van der Waals surface area (Å²) >= 11 is 0. The van der Waals surface area contributed by atoms with Gasteiger partial charge in [-0.1, -0.05) is 41.5 Å². The number of nitrogens with two attached hydrogens (primary N) is 1. The average Bonchev–Trinajstić information content (AvgIpc) is 2.58. The Morgan fingerprint density at radius 1 is 0.667 bits per heavy atom. The Bertz CT molecular complexity index is 363. The summed E-state index contributed by atoms with van der Waals surface area (Å²) in [5, 5.41) is 0. The fraction of sp³-hybridized carbons (Fsp3) is 1.00. The van der Waals surface area contributed by atoms with E-state index in [1.54, 1.807) is 0 Å². The summed E-state index contributed by atoms with van der Waals surface area (Å²) < 4.78 is 7.32. The number of rotatable bonds is 11. The molecule has 0 aliphatic heterocycles. The summed E-state index contributed by atoms with van der Waals surface area (Å²) in [5.74, 6) is 6.18. The lowest BCUT2D eigenvalue weighted by Gasteiger charge is -2.60. The molecule has 0 rings (SSSR count). The second kappa shape index (κ2) is 9.68. The molecule has 0 spiro atoms. The molecule has 0 saturated heterocycles. The van der Waals surface area contributed by atoms with Crippen molar-refractivity contribution in [2.45, 2.75) is 91.1 Å². The van der Waals surface area contributed by atoms with Gasteiger partial charge in [0.1, 0.15) is 0 Å². The minimum absolute atomic E-state index is 0.104. The molecule has 0 unspecified atom stereocenters. The van der Waals surface area contributed by atoms with Crippen LogP contribution >= 0.6 is 7.51 Å². The van der Waals surface area contributed by atoms with E-state index in [0.29, 0.717) is 0 Å². The van der Waals surface area contributed by atoms with E-state index in [1.165, 1.54) is 0 Å². The molecule has 0 atom stereocenters. The van der Waals surface area contributed by atoms with E-state index < -0.39 is 7.51 Å². The van der Waals surface area contributed by atoms with Gasteiger partial charge in [0.05, 0.1) is 0 Å². The SMILES string of the molecule is CCC(CC)(CC)N(C(CC)(CC)CC)P(=NN)(N(C)C)N(C)C. The third-order valence-electron chi connectivity index (χ3n) is 6.34. The second-order valence-corrected chi connectivity index (χ2v) is 10.5. The molecule has 0 heterocycles.